The average molecular weight is 223 g/mol. The van der Waals surface area contributed by atoms with Crippen molar-refractivity contribution in [3.05, 3.63) is 29.3 Å². The molecule has 0 aliphatic carbocycles. The standard InChI is InChI=1S/C12H17NOS/c1-3-4-7-14-10-5-6-11(12(13)15)9(2)8-10/h5-6,8H,3-4,7H2,1-2H3,(H2,13,15). The molecule has 0 amide bonds. The largest absolute Gasteiger partial charge is 0.494 e. The smallest absolute Gasteiger partial charge is 0.119 e. The molecule has 1 rings (SSSR count). The molecule has 0 unspecified atom stereocenters. The van der Waals surface area contributed by atoms with Crippen LogP contribution in [-0.2, 0) is 0 Å². The summed E-state index contributed by atoms with van der Waals surface area (Å²) < 4.78 is 5.58. The maximum Gasteiger partial charge on any atom is 0.119 e. The molecule has 0 aliphatic rings. The number of thiocarbonyl (C=S) groups is 1. The molecule has 3 heteroatoms. The van der Waals surface area contributed by atoms with E-state index in [9.17, 15) is 0 Å². The summed E-state index contributed by atoms with van der Waals surface area (Å²) in [6, 6.07) is 5.81. The molecule has 0 spiro atoms. The molecule has 0 radical (unpaired) electrons. The van der Waals surface area contributed by atoms with E-state index in [1.165, 1.54) is 0 Å². The van der Waals surface area contributed by atoms with Gasteiger partial charge in [-0.2, -0.15) is 0 Å². The van der Waals surface area contributed by atoms with Crippen molar-refractivity contribution in [2.24, 2.45) is 5.73 Å². The highest BCUT2D eigenvalue weighted by Crippen LogP contribution is 2.17. The lowest BCUT2D eigenvalue weighted by molar-refractivity contribution is 0.309. The van der Waals surface area contributed by atoms with Crippen molar-refractivity contribution < 1.29 is 4.74 Å². The summed E-state index contributed by atoms with van der Waals surface area (Å²) in [5.41, 5.74) is 7.57. The normalized spacial score (nSPS) is 10.0. The van der Waals surface area contributed by atoms with Gasteiger partial charge in [0.2, 0.25) is 0 Å². The number of rotatable bonds is 5. The van der Waals surface area contributed by atoms with Crippen molar-refractivity contribution in [2.45, 2.75) is 26.7 Å². The lowest BCUT2D eigenvalue weighted by Gasteiger charge is -2.08. The van der Waals surface area contributed by atoms with E-state index in [1.54, 1.807) is 0 Å². The highest BCUT2D eigenvalue weighted by Gasteiger charge is 2.02. The number of ether oxygens (including phenoxy) is 1. The summed E-state index contributed by atoms with van der Waals surface area (Å²) in [6.07, 6.45) is 2.22. The first kappa shape index (κ1) is 12.0. The van der Waals surface area contributed by atoms with Crippen LogP contribution in [0.2, 0.25) is 0 Å². The van der Waals surface area contributed by atoms with Crippen LogP contribution in [0, 0.1) is 6.92 Å². The highest BCUT2D eigenvalue weighted by molar-refractivity contribution is 7.80. The molecule has 2 N–H and O–H groups in total. The van der Waals surface area contributed by atoms with Gasteiger partial charge in [-0.25, -0.2) is 0 Å². The van der Waals surface area contributed by atoms with Crippen LogP contribution in [0.15, 0.2) is 18.2 Å². The maximum atomic E-state index is 5.58. The summed E-state index contributed by atoms with van der Waals surface area (Å²) in [5, 5.41) is 0. The number of benzene rings is 1. The minimum Gasteiger partial charge on any atom is -0.494 e. The predicted molar refractivity (Wildman–Crippen MR) is 67.5 cm³/mol. The van der Waals surface area contributed by atoms with E-state index < -0.39 is 0 Å². The Labute approximate surface area is 96.4 Å². The zero-order chi connectivity index (χ0) is 11.3. The Bertz CT molecular complexity index is 349. The maximum absolute atomic E-state index is 5.58. The third-order valence-electron chi connectivity index (χ3n) is 2.23. The summed E-state index contributed by atoms with van der Waals surface area (Å²) in [6.45, 7) is 4.90. The molecule has 82 valence electrons. The molecule has 0 aromatic heterocycles. The molecule has 0 fully saturated rings. The number of unbranched alkanes of at least 4 members (excludes halogenated alkanes) is 1. The fraction of sp³-hybridized carbons (Fsp3) is 0.417. The zero-order valence-electron chi connectivity index (χ0n) is 9.25. The lowest BCUT2D eigenvalue weighted by atomic mass is 10.1. The van der Waals surface area contributed by atoms with Crippen LogP contribution in [0.1, 0.15) is 30.9 Å². The minimum absolute atomic E-state index is 0.438. The topological polar surface area (TPSA) is 35.2 Å². The van der Waals surface area contributed by atoms with Crippen molar-refractivity contribution in [1.82, 2.24) is 0 Å². The van der Waals surface area contributed by atoms with E-state index in [4.69, 9.17) is 22.7 Å². The Morgan fingerprint density at radius 3 is 2.73 bits per heavy atom. The van der Waals surface area contributed by atoms with Gasteiger partial charge >= 0.3 is 0 Å². The summed E-state index contributed by atoms with van der Waals surface area (Å²) in [4.78, 5) is 0.438. The molecule has 0 aliphatic heterocycles. The molecular formula is C12H17NOS. The van der Waals surface area contributed by atoms with Crippen molar-refractivity contribution >= 4 is 17.2 Å². The van der Waals surface area contributed by atoms with Gasteiger partial charge in [0, 0.05) is 5.56 Å². The molecule has 0 saturated heterocycles. The molecule has 0 saturated carbocycles. The van der Waals surface area contributed by atoms with E-state index in [1.807, 2.05) is 25.1 Å². The van der Waals surface area contributed by atoms with Crippen LogP contribution < -0.4 is 10.5 Å². The van der Waals surface area contributed by atoms with Gasteiger partial charge < -0.3 is 10.5 Å². The second-order valence-electron chi connectivity index (χ2n) is 3.54. The molecule has 0 heterocycles. The Balaban J connectivity index is 2.69. The van der Waals surface area contributed by atoms with Gasteiger partial charge in [0.25, 0.3) is 0 Å². The third-order valence-corrected chi connectivity index (χ3v) is 2.45. The monoisotopic (exact) mass is 223 g/mol. The van der Waals surface area contributed by atoms with Gasteiger partial charge in [-0.15, -0.1) is 0 Å². The second kappa shape index (κ2) is 5.71. The van der Waals surface area contributed by atoms with Crippen molar-refractivity contribution in [3.8, 4) is 5.75 Å². The highest BCUT2D eigenvalue weighted by atomic mass is 32.1. The first-order chi connectivity index (χ1) is 7.15. The molecule has 0 atom stereocenters. The van der Waals surface area contributed by atoms with E-state index in [0.29, 0.717) is 4.99 Å². The Morgan fingerprint density at radius 1 is 1.47 bits per heavy atom. The van der Waals surface area contributed by atoms with Crippen LogP contribution in [0.3, 0.4) is 0 Å². The average Bonchev–Trinajstić information content (AvgIpc) is 2.17. The number of aryl methyl sites for hydroxylation is 1. The summed E-state index contributed by atoms with van der Waals surface area (Å²) in [5.74, 6) is 0.890. The first-order valence-electron chi connectivity index (χ1n) is 5.18. The number of hydrogen-bond donors (Lipinski definition) is 1. The first-order valence-corrected chi connectivity index (χ1v) is 5.59. The van der Waals surface area contributed by atoms with E-state index in [2.05, 4.69) is 6.92 Å². The van der Waals surface area contributed by atoms with E-state index in [0.717, 1.165) is 36.3 Å². The SMILES string of the molecule is CCCCOc1ccc(C(N)=S)c(C)c1. The Morgan fingerprint density at radius 2 is 2.20 bits per heavy atom. The van der Waals surface area contributed by atoms with Gasteiger partial charge in [0.1, 0.15) is 10.7 Å². The van der Waals surface area contributed by atoms with E-state index in [-0.39, 0.29) is 0 Å². The Kier molecular flexibility index (Phi) is 4.56. The third kappa shape index (κ3) is 3.51. The summed E-state index contributed by atoms with van der Waals surface area (Å²) in [7, 11) is 0. The Hall–Kier alpha value is -1.09. The van der Waals surface area contributed by atoms with Crippen molar-refractivity contribution in [1.29, 1.82) is 0 Å². The van der Waals surface area contributed by atoms with Crippen LogP contribution in [0.5, 0.6) is 5.75 Å². The lowest BCUT2D eigenvalue weighted by Crippen LogP contribution is -2.11. The van der Waals surface area contributed by atoms with Crippen LogP contribution in [0.25, 0.3) is 0 Å². The molecule has 1 aromatic rings. The van der Waals surface area contributed by atoms with Gasteiger partial charge in [-0.3, -0.25) is 0 Å². The van der Waals surface area contributed by atoms with Gasteiger partial charge in [-0.1, -0.05) is 25.6 Å². The van der Waals surface area contributed by atoms with Crippen molar-refractivity contribution in [3.63, 3.8) is 0 Å². The second-order valence-corrected chi connectivity index (χ2v) is 3.98. The van der Waals surface area contributed by atoms with Gasteiger partial charge in [0.05, 0.1) is 6.61 Å². The van der Waals surface area contributed by atoms with Gasteiger partial charge in [0.15, 0.2) is 0 Å². The zero-order valence-corrected chi connectivity index (χ0v) is 10.1. The minimum atomic E-state index is 0.438. The predicted octanol–water partition coefficient (Wildman–Crippen LogP) is 2.81. The van der Waals surface area contributed by atoms with Gasteiger partial charge in [-0.05, 0) is 37.1 Å². The van der Waals surface area contributed by atoms with Crippen molar-refractivity contribution in [2.75, 3.05) is 6.61 Å². The number of nitrogens with two attached hydrogens (primary N) is 1. The molecule has 1 aromatic carbocycles. The summed E-state index contributed by atoms with van der Waals surface area (Å²) >= 11 is 4.94. The molecular weight excluding hydrogens is 206 g/mol. The van der Waals surface area contributed by atoms with Crippen LogP contribution >= 0.6 is 12.2 Å². The van der Waals surface area contributed by atoms with Crippen LogP contribution in [0.4, 0.5) is 0 Å². The fourth-order valence-corrected chi connectivity index (χ4v) is 1.57. The van der Waals surface area contributed by atoms with Crippen LogP contribution in [-0.4, -0.2) is 11.6 Å². The fourth-order valence-electron chi connectivity index (χ4n) is 1.34. The van der Waals surface area contributed by atoms with E-state index >= 15 is 0 Å². The number of hydrogen-bond acceptors (Lipinski definition) is 2. The quantitative estimate of drug-likeness (QED) is 0.616. The molecule has 2 nitrogen and oxygen atoms in total. The molecule has 0 bridgehead atoms. The molecule has 15 heavy (non-hydrogen) atoms.